The molecule has 10 aromatic rings. The summed E-state index contributed by atoms with van der Waals surface area (Å²) in [6.45, 7) is -1.02. The minimum absolute atomic E-state index is 0.00270. The number of nitrogens with zero attached hydrogens (tertiary/aromatic N) is 6. The van der Waals surface area contributed by atoms with Crippen LogP contribution < -0.4 is 31.9 Å². The van der Waals surface area contributed by atoms with Crippen LogP contribution in [-0.2, 0) is 95.8 Å². The summed E-state index contributed by atoms with van der Waals surface area (Å²) in [5.74, 6) is -10.6. The topological polar surface area (TPSA) is 459 Å². The van der Waals surface area contributed by atoms with Crippen molar-refractivity contribution in [1.29, 1.82) is 0 Å². The monoisotopic (exact) mass is 1610 g/mol. The van der Waals surface area contributed by atoms with Gasteiger partial charge in [0.05, 0.1) is 47.7 Å². The molecule has 4 aliphatic rings. The number of carbonyl (C=O) groups is 10. The molecule has 608 valence electrons. The van der Waals surface area contributed by atoms with E-state index in [2.05, 4.69) is 52.5 Å². The first-order valence-electron chi connectivity index (χ1n) is 37.2. The SMILES string of the molecule is CO[C@@H]1O[C@@H]2Cn3cc(nn3)C(=O)N[C@@H](Cc3ccc(O)cc3)C(=O)N[C@@H](Cc3ccc(O)cc3)C(=O)N[C@H]3[C@H](OC)O[C@H](Cn4cc(nn4)C(=O)N[C@@H](Cc4ccc(O)cc4)C(=O)N[C@@H](Cc4ccc(O)cc4)C(=O)N[C@@H]1[C@@H](OC(=O)c1ccccc1)[C@@H]2OC(=O)c1ccccc1)[C@@H](OC(=O)c1ccccc1)[C@@H]3OC(=O)c1ccccc1. The Labute approximate surface area is 672 Å². The van der Waals surface area contributed by atoms with Gasteiger partial charge in [-0.15, -0.1) is 10.2 Å². The summed E-state index contributed by atoms with van der Waals surface area (Å²) in [5, 5.41) is 75.0. The van der Waals surface area contributed by atoms with Crippen LogP contribution >= 0.6 is 0 Å². The molecular weight excluding hydrogens is 1530 g/mol. The van der Waals surface area contributed by atoms with Crippen LogP contribution in [0.5, 0.6) is 23.0 Å². The van der Waals surface area contributed by atoms with E-state index >= 15 is 19.2 Å². The molecule has 10 N–H and O–H groups in total. The first-order chi connectivity index (χ1) is 57.1. The molecule has 0 aliphatic carbocycles. The number of nitrogens with one attached hydrogen (secondary N) is 6. The van der Waals surface area contributed by atoms with Gasteiger partial charge >= 0.3 is 23.9 Å². The molecular formula is C84H80N12O22. The Morgan fingerprint density at radius 1 is 0.356 bits per heavy atom. The predicted octanol–water partition coefficient (Wildman–Crippen LogP) is 4.16. The highest BCUT2D eigenvalue weighted by atomic mass is 16.7. The molecule has 6 amide bonds. The molecule has 0 spiro atoms. The second kappa shape index (κ2) is 37.8. The van der Waals surface area contributed by atoms with Gasteiger partial charge in [0.25, 0.3) is 11.8 Å². The summed E-state index contributed by atoms with van der Waals surface area (Å²) in [6.07, 6.45) is -12.5. The highest BCUT2D eigenvalue weighted by Gasteiger charge is 2.54. The number of benzene rings is 8. The number of ether oxygens (including phenoxy) is 8. The second-order valence-electron chi connectivity index (χ2n) is 27.9. The molecule has 14 atom stereocenters. The Bertz CT molecular complexity index is 4870. The van der Waals surface area contributed by atoms with Crippen molar-refractivity contribution in [2.75, 3.05) is 14.2 Å². The number of phenolic OH excluding ortho intramolecular Hbond substituents is 4. The number of rotatable bonds is 18. The number of amides is 6. The third kappa shape index (κ3) is 20.6. The number of phenols is 4. The molecule has 0 unspecified atom stereocenters. The van der Waals surface area contributed by atoms with Crippen molar-refractivity contribution in [1.82, 2.24) is 61.9 Å². The number of methoxy groups -OCH3 is 2. The molecule has 118 heavy (non-hydrogen) atoms. The van der Waals surface area contributed by atoms with Gasteiger partial charge in [-0.25, -0.2) is 28.5 Å². The lowest BCUT2D eigenvalue weighted by atomic mass is 9.94. The largest absolute Gasteiger partial charge is 0.508 e. The normalized spacial score (nSPS) is 23.3. The van der Waals surface area contributed by atoms with E-state index in [1.807, 2.05) is 0 Å². The average Bonchev–Trinajstić information content (AvgIpc) is 0.940. The molecule has 0 radical (unpaired) electrons. The number of hydrogen-bond donors (Lipinski definition) is 10. The van der Waals surface area contributed by atoms with E-state index < -0.39 is 169 Å². The molecule has 8 bridgehead atoms. The fourth-order valence-corrected chi connectivity index (χ4v) is 13.6. The number of carbonyl (C=O) groups excluding carboxylic acids is 10. The van der Waals surface area contributed by atoms with Crippen LogP contribution in [-0.4, -0.2) is 209 Å². The molecule has 0 saturated carbocycles. The second-order valence-corrected chi connectivity index (χ2v) is 27.9. The van der Waals surface area contributed by atoms with Crippen LogP contribution in [0.1, 0.15) is 84.7 Å². The van der Waals surface area contributed by atoms with Crippen molar-refractivity contribution in [3.05, 3.63) is 287 Å². The van der Waals surface area contributed by atoms with Gasteiger partial charge in [-0.1, -0.05) is 132 Å². The molecule has 2 saturated heterocycles. The number of esters is 4. The maximum absolute atomic E-state index is 15.7. The Balaban J connectivity index is 0.932. The molecule has 4 aliphatic heterocycles. The van der Waals surface area contributed by atoms with Gasteiger partial charge in [0.1, 0.15) is 71.5 Å². The van der Waals surface area contributed by atoms with Gasteiger partial charge in [0.2, 0.25) is 23.6 Å². The fraction of sp³-hybridized carbons (Fsp3) is 0.262. The van der Waals surface area contributed by atoms with Crippen LogP contribution in [0.25, 0.3) is 0 Å². The van der Waals surface area contributed by atoms with Crippen molar-refractivity contribution in [2.24, 2.45) is 0 Å². The Morgan fingerprint density at radius 3 is 0.881 bits per heavy atom. The summed E-state index contributed by atoms with van der Waals surface area (Å²) in [7, 11) is 2.41. The zero-order valence-electron chi connectivity index (χ0n) is 63.1. The van der Waals surface area contributed by atoms with Gasteiger partial charge in [-0.2, -0.15) is 0 Å². The van der Waals surface area contributed by atoms with Crippen LogP contribution in [0.4, 0.5) is 0 Å². The van der Waals surface area contributed by atoms with Crippen molar-refractivity contribution >= 4 is 59.3 Å². The molecule has 14 rings (SSSR count). The Kier molecular flexibility index (Phi) is 26.2. The molecule has 2 fully saturated rings. The quantitative estimate of drug-likeness (QED) is 0.0327. The summed E-state index contributed by atoms with van der Waals surface area (Å²) >= 11 is 0. The number of fused-ring (bicyclic) bond motifs is 16. The average molecular weight is 1610 g/mol. The van der Waals surface area contributed by atoms with E-state index in [4.69, 9.17) is 37.9 Å². The Morgan fingerprint density at radius 2 is 0.610 bits per heavy atom. The first kappa shape index (κ1) is 81.8. The molecule has 6 heterocycles. The third-order valence-electron chi connectivity index (χ3n) is 19.7. The number of aromatic hydroxyl groups is 4. The lowest BCUT2D eigenvalue weighted by Crippen LogP contribution is -2.68. The Hall–Kier alpha value is -14.2. The fourth-order valence-electron chi connectivity index (χ4n) is 13.6. The van der Waals surface area contributed by atoms with Crippen LogP contribution in [0.2, 0.25) is 0 Å². The van der Waals surface area contributed by atoms with Crippen LogP contribution in [0.3, 0.4) is 0 Å². The summed E-state index contributed by atoms with van der Waals surface area (Å²) in [6, 6.07) is 43.3. The smallest absolute Gasteiger partial charge is 0.338 e. The van der Waals surface area contributed by atoms with Crippen molar-refractivity contribution < 1.29 is 106 Å². The third-order valence-corrected chi connectivity index (χ3v) is 19.7. The molecule has 2 aromatic heterocycles. The highest BCUT2D eigenvalue weighted by molar-refractivity contribution is 5.99. The lowest BCUT2D eigenvalue weighted by Gasteiger charge is -2.45. The lowest BCUT2D eigenvalue weighted by molar-refractivity contribution is -0.259. The highest BCUT2D eigenvalue weighted by Crippen LogP contribution is 2.33. The minimum Gasteiger partial charge on any atom is -0.508 e. The van der Waals surface area contributed by atoms with E-state index in [0.717, 1.165) is 21.8 Å². The van der Waals surface area contributed by atoms with E-state index in [1.54, 1.807) is 72.8 Å². The first-order valence-corrected chi connectivity index (χ1v) is 37.2. The van der Waals surface area contributed by atoms with Gasteiger partial charge in [0.15, 0.2) is 48.4 Å². The molecule has 34 heteroatoms. The summed E-state index contributed by atoms with van der Waals surface area (Å²) in [4.78, 5) is 150. The van der Waals surface area contributed by atoms with Gasteiger partial charge in [-0.05, 0) is 119 Å². The molecule has 34 nitrogen and oxygen atoms in total. The van der Waals surface area contributed by atoms with Gasteiger partial charge in [0, 0.05) is 39.9 Å². The maximum Gasteiger partial charge on any atom is 0.338 e. The van der Waals surface area contributed by atoms with E-state index in [9.17, 15) is 49.2 Å². The van der Waals surface area contributed by atoms with Crippen LogP contribution in [0.15, 0.2) is 231 Å². The van der Waals surface area contributed by atoms with Gasteiger partial charge in [-0.3, -0.25) is 28.8 Å². The zero-order valence-corrected chi connectivity index (χ0v) is 63.1. The van der Waals surface area contributed by atoms with Gasteiger partial charge < -0.3 is 90.2 Å². The summed E-state index contributed by atoms with van der Waals surface area (Å²) < 4.78 is 52.9. The van der Waals surface area contributed by atoms with Crippen molar-refractivity contribution in [3.63, 3.8) is 0 Å². The summed E-state index contributed by atoms with van der Waals surface area (Å²) in [5.41, 5.74) is 0.670. The van der Waals surface area contributed by atoms with E-state index in [0.29, 0.717) is 22.3 Å². The number of aromatic nitrogens is 6. The van der Waals surface area contributed by atoms with Crippen molar-refractivity contribution in [2.45, 2.75) is 124 Å². The number of hydrogen-bond acceptors (Lipinski definition) is 26. The predicted molar refractivity (Wildman–Crippen MR) is 411 cm³/mol. The van der Waals surface area contributed by atoms with E-state index in [1.165, 1.54) is 160 Å². The van der Waals surface area contributed by atoms with E-state index in [-0.39, 0.29) is 70.9 Å². The minimum atomic E-state index is -1.80. The zero-order chi connectivity index (χ0) is 82.9. The maximum atomic E-state index is 15.7. The van der Waals surface area contributed by atoms with Crippen LogP contribution in [0, 0.1) is 0 Å². The molecule has 8 aromatic carbocycles. The van der Waals surface area contributed by atoms with Crippen molar-refractivity contribution in [3.8, 4) is 23.0 Å². The standard InChI is InChI=1S/C84H80N12O22/c1-111-83-67-71(117-81(109)53-19-11-5-12-20-53)69(115-79(107)51-15-7-3-8-16-51)65(113-83)45-95-43-63(91-93-95)77(105)88-60(40-48-25-33-56(98)34-26-48)74(102)86-62(42-50-29-37-58(100)38-30-50)76(104)90-68-72(118-82(110)54-21-13-6-14-22-54)70(116-80(108)52-17-9-4-10-18-52)66(114-84(68)112-2)46-96-44-64(92-94-96)78(106)87-59(39-47-23-31-55(97)32-24-47)73(101)85-61(75(103)89-67)41-49-27-35-57(99)36-28-49/h3-38,43-44,59-62,65-72,83-84,97-100H,39-42,45-46H2,1-2H3,(H,85,101)(H,86,102)(H,87,106)(H,88,105)(H,89,103)(H,90,104)/t59-,60-,61-,62-,65+,66+,67+,68+,69+,70+,71+,72+,83+,84+/m0/s1.